The van der Waals surface area contributed by atoms with Crippen LogP contribution in [0.5, 0.6) is 0 Å². The number of esters is 1. The van der Waals surface area contributed by atoms with Crippen LogP contribution in [0.1, 0.15) is 10.4 Å². The molecule has 1 rings (SSSR count). The number of methoxy groups -OCH3 is 1. The van der Waals surface area contributed by atoms with Crippen LogP contribution in [0.25, 0.3) is 0 Å². The summed E-state index contributed by atoms with van der Waals surface area (Å²) in [6.45, 7) is 0.689. The quantitative estimate of drug-likeness (QED) is 0.511. The molecule has 0 aliphatic carbocycles. The summed E-state index contributed by atoms with van der Waals surface area (Å²) in [7, 11) is 1.56. The molecule has 4 nitrogen and oxygen atoms in total. The van der Waals surface area contributed by atoms with Crippen LogP contribution in [-0.2, 0) is 9.47 Å². The highest BCUT2D eigenvalue weighted by molar-refractivity contribution is 5.89. The number of hydrogen-bond donors (Lipinski definition) is 0. The average molecular weight is 181 g/mol. The van der Waals surface area contributed by atoms with Crippen LogP contribution in [0.3, 0.4) is 0 Å². The van der Waals surface area contributed by atoms with Crippen molar-refractivity contribution in [3.8, 4) is 0 Å². The highest BCUT2D eigenvalue weighted by Gasteiger charge is 2.04. The Morgan fingerprint density at radius 3 is 2.69 bits per heavy atom. The molecule has 0 fully saturated rings. The second kappa shape index (κ2) is 5.27. The van der Waals surface area contributed by atoms with Crippen molar-refractivity contribution >= 4 is 5.97 Å². The molecule has 0 aliphatic heterocycles. The van der Waals surface area contributed by atoms with Gasteiger partial charge in [-0.2, -0.15) is 0 Å². The van der Waals surface area contributed by atoms with Gasteiger partial charge in [0.15, 0.2) is 0 Å². The molecule has 13 heavy (non-hydrogen) atoms. The van der Waals surface area contributed by atoms with E-state index in [0.717, 1.165) is 0 Å². The summed E-state index contributed by atoms with van der Waals surface area (Å²) in [6.07, 6.45) is 3.10. The summed E-state index contributed by atoms with van der Waals surface area (Å²) in [6, 6.07) is 3.21. The van der Waals surface area contributed by atoms with Gasteiger partial charge in [-0.25, -0.2) is 4.79 Å². The number of carbonyl (C=O) groups is 1. The van der Waals surface area contributed by atoms with Crippen LogP contribution >= 0.6 is 0 Å². The van der Waals surface area contributed by atoms with E-state index in [1.54, 1.807) is 31.6 Å². The van der Waals surface area contributed by atoms with E-state index in [-0.39, 0.29) is 12.6 Å². The summed E-state index contributed by atoms with van der Waals surface area (Å²) >= 11 is 0. The first kappa shape index (κ1) is 9.67. The lowest BCUT2D eigenvalue weighted by atomic mass is 10.3. The maximum atomic E-state index is 11.2. The molecular formula is C9H11NO3. The zero-order valence-corrected chi connectivity index (χ0v) is 7.40. The van der Waals surface area contributed by atoms with Crippen LogP contribution in [0, 0.1) is 0 Å². The van der Waals surface area contributed by atoms with Crippen molar-refractivity contribution in [1.82, 2.24) is 4.98 Å². The van der Waals surface area contributed by atoms with E-state index in [2.05, 4.69) is 4.98 Å². The zero-order valence-electron chi connectivity index (χ0n) is 7.40. The van der Waals surface area contributed by atoms with Crippen molar-refractivity contribution in [2.45, 2.75) is 0 Å². The monoisotopic (exact) mass is 181 g/mol. The Kier molecular flexibility index (Phi) is 3.92. The number of pyridine rings is 1. The molecule has 0 saturated heterocycles. The first-order chi connectivity index (χ1) is 6.34. The summed E-state index contributed by atoms with van der Waals surface area (Å²) < 4.78 is 9.62. The van der Waals surface area contributed by atoms with Gasteiger partial charge in [0, 0.05) is 19.5 Å². The highest BCUT2D eigenvalue weighted by atomic mass is 16.6. The predicted molar refractivity (Wildman–Crippen MR) is 46.4 cm³/mol. The Hall–Kier alpha value is -1.42. The lowest BCUT2D eigenvalue weighted by molar-refractivity contribution is 0.0388. The van der Waals surface area contributed by atoms with Gasteiger partial charge in [-0.1, -0.05) is 0 Å². The molecule has 0 bridgehead atoms. The van der Waals surface area contributed by atoms with E-state index in [4.69, 9.17) is 9.47 Å². The SMILES string of the molecule is COCCOC(=O)c1ccncc1. The minimum atomic E-state index is -0.348. The van der Waals surface area contributed by atoms with Crippen LogP contribution in [-0.4, -0.2) is 31.3 Å². The van der Waals surface area contributed by atoms with Crippen LogP contribution in [0.2, 0.25) is 0 Å². The van der Waals surface area contributed by atoms with Gasteiger partial charge in [-0.15, -0.1) is 0 Å². The minimum absolute atomic E-state index is 0.275. The molecule has 0 N–H and O–H groups in total. The zero-order chi connectivity index (χ0) is 9.52. The van der Waals surface area contributed by atoms with Gasteiger partial charge in [0.05, 0.1) is 12.2 Å². The molecule has 0 aliphatic rings. The molecule has 0 amide bonds. The lowest BCUT2D eigenvalue weighted by Crippen LogP contribution is -2.09. The Morgan fingerprint density at radius 2 is 2.08 bits per heavy atom. The summed E-state index contributed by atoms with van der Waals surface area (Å²) in [5.41, 5.74) is 0.506. The Morgan fingerprint density at radius 1 is 1.38 bits per heavy atom. The van der Waals surface area contributed by atoms with E-state index in [1.165, 1.54) is 0 Å². The third kappa shape index (κ3) is 3.21. The van der Waals surface area contributed by atoms with Crippen molar-refractivity contribution in [3.63, 3.8) is 0 Å². The van der Waals surface area contributed by atoms with E-state index in [0.29, 0.717) is 12.2 Å². The molecule has 0 spiro atoms. The van der Waals surface area contributed by atoms with Gasteiger partial charge in [-0.05, 0) is 12.1 Å². The largest absolute Gasteiger partial charge is 0.460 e. The number of nitrogens with zero attached hydrogens (tertiary/aromatic N) is 1. The number of aromatic nitrogens is 1. The van der Waals surface area contributed by atoms with Crippen molar-refractivity contribution in [3.05, 3.63) is 30.1 Å². The topological polar surface area (TPSA) is 48.4 Å². The van der Waals surface area contributed by atoms with Gasteiger partial charge in [0.25, 0.3) is 0 Å². The maximum Gasteiger partial charge on any atom is 0.338 e. The van der Waals surface area contributed by atoms with Gasteiger partial charge in [0.1, 0.15) is 6.61 Å². The van der Waals surface area contributed by atoms with Crippen molar-refractivity contribution in [1.29, 1.82) is 0 Å². The van der Waals surface area contributed by atoms with Crippen LogP contribution in [0.15, 0.2) is 24.5 Å². The summed E-state index contributed by atoms with van der Waals surface area (Å²) in [4.78, 5) is 15.0. The summed E-state index contributed by atoms with van der Waals surface area (Å²) in [5, 5.41) is 0. The smallest absolute Gasteiger partial charge is 0.338 e. The number of carbonyl (C=O) groups excluding carboxylic acids is 1. The number of rotatable bonds is 4. The van der Waals surface area contributed by atoms with E-state index in [9.17, 15) is 4.79 Å². The van der Waals surface area contributed by atoms with E-state index in [1.807, 2.05) is 0 Å². The van der Waals surface area contributed by atoms with Gasteiger partial charge >= 0.3 is 5.97 Å². The molecule has 1 aromatic rings. The average Bonchev–Trinajstić information content (AvgIpc) is 2.19. The van der Waals surface area contributed by atoms with E-state index >= 15 is 0 Å². The molecular weight excluding hydrogens is 170 g/mol. The number of ether oxygens (including phenoxy) is 2. The predicted octanol–water partition coefficient (Wildman–Crippen LogP) is 0.885. The molecule has 1 heterocycles. The van der Waals surface area contributed by atoms with E-state index < -0.39 is 0 Å². The first-order valence-electron chi connectivity index (χ1n) is 3.90. The van der Waals surface area contributed by atoms with Gasteiger partial charge < -0.3 is 9.47 Å². The maximum absolute atomic E-state index is 11.2. The molecule has 0 aromatic carbocycles. The first-order valence-corrected chi connectivity index (χ1v) is 3.90. The standard InChI is InChI=1S/C9H11NO3/c1-12-6-7-13-9(11)8-2-4-10-5-3-8/h2-5H,6-7H2,1H3. The Balaban J connectivity index is 2.40. The molecule has 0 unspecified atom stereocenters. The van der Waals surface area contributed by atoms with Gasteiger partial charge in [-0.3, -0.25) is 4.98 Å². The van der Waals surface area contributed by atoms with Crippen molar-refractivity contribution in [2.75, 3.05) is 20.3 Å². The fourth-order valence-electron chi connectivity index (χ4n) is 0.789. The summed E-state index contributed by atoms with van der Waals surface area (Å²) in [5.74, 6) is -0.348. The third-order valence-electron chi connectivity index (χ3n) is 1.44. The highest BCUT2D eigenvalue weighted by Crippen LogP contribution is 1.98. The molecule has 0 atom stereocenters. The third-order valence-corrected chi connectivity index (χ3v) is 1.44. The van der Waals surface area contributed by atoms with Crippen molar-refractivity contribution < 1.29 is 14.3 Å². The normalized spacial score (nSPS) is 9.62. The van der Waals surface area contributed by atoms with Crippen molar-refractivity contribution in [2.24, 2.45) is 0 Å². The molecule has 1 aromatic heterocycles. The Labute approximate surface area is 76.5 Å². The van der Waals surface area contributed by atoms with Gasteiger partial charge in [0.2, 0.25) is 0 Å². The second-order valence-corrected chi connectivity index (χ2v) is 2.36. The molecule has 70 valence electrons. The molecule has 0 saturated carbocycles. The fourth-order valence-corrected chi connectivity index (χ4v) is 0.789. The fraction of sp³-hybridized carbons (Fsp3) is 0.333. The molecule has 0 radical (unpaired) electrons. The number of hydrogen-bond acceptors (Lipinski definition) is 4. The second-order valence-electron chi connectivity index (χ2n) is 2.36. The minimum Gasteiger partial charge on any atom is -0.460 e. The lowest BCUT2D eigenvalue weighted by Gasteiger charge is -2.02. The Bertz CT molecular complexity index is 261. The molecule has 4 heteroatoms. The van der Waals surface area contributed by atoms with Crippen LogP contribution in [0.4, 0.5) is 0 Å². The van der Waals surface area contributed by atoms with Crippen LogP contribution < -0.4 is 0 Å².